The van der Waals surface area contributed by atoms with Crippen molar-refractivity contribution >= 4 is 23.6 Å². The fraction of sp³-hybridized carbons (Fsp3) is 0.500. The number of nitrogens with one attached hydrogen (secondary N) is 2. The zero-order chi connectivity index (χ0) is 11.8. The Morgan fingerprint density at radius 2 is 2.07 bits per heavy atom. The predicted octanol–water partition coefficient (Wildman–Crippen LogP) is -0.126. The van der Waals surface area contributed by atoms with Crippen molar-refractivity contribution in [2.45, 2.75) is 12.5 Å². The Labute approximate surface area is 91.9 Å². The van der Waals surface area contributed by atoms with Gasteiger partial charge in [-0.25, -0.2) is 9.59 Å². The van der Waals surface area contributed by atoms with Crippen molar-refractivity contribution in [2.75, 3.05) is 13.2 Å². The summed E-state index contributed by atoms with van der Waals surface area (Å²) >= 11 is 5.39. The molecule has 0 bridgehead atoms. The molecule has 0 rings (SSSR count). The zero-order valence-corrected chi connectivity index (χ0v) is 8.75. The molecule has 0 spiro atoms. The number of rotatable bonds is 6. The first-order valence-corrected chi connectivity index (χ1v) is 4.56. The zero-order valence-electron chi connectivity index (χ0n) is 7.99. The van der Waals surface area contributed by atoms with Crippen LogP contribution in [0.5, 0.6) is 0 Å². The van der Waals surface area contributed by atoms with E-state index in [9.17, 15) is 9.59 Å². The minimum atomic E-state index is -1.20. The summed E-state index contributed by atoms with van der Waals surface area (Å²) in [6, 6.07) is -1.78. The van der Waals surface area contributed by atoms with Crippen LogP contribution in [0.25, 0.3) is 0 Å². The van der Waals surface area contributed by atoms with E-state index in [2.05, 4.69) is 17.2 Å². The predicted molar refractivity (Wildman–Crippen MR) is 54.7 cm³/mol. The van der Waals surface area contributed by atoms with Gasteiger partial charge in [-0.15, -0.1) is 0 Å². The molecule has 0 saturated heterocycles. The van der Waals surface area contributed by atoms with Gasteiger partial charge in [0, 0.05) is 18.1 Å². The summed E-state index contributed by atoms with van der Waals surface area (Å²) in [4.78, 5) is 21.6. The topological polar surface area (TPSA) is 98.7 Å². The fourth-order valence-corrected chi connectivity index (χ4v) is 0.839. The van der Waals surface area contributed by atoms with Crippen LogP contribution in [0.3, 0.4) is 0 Å². The number of aliphatic carboxylic acids is 1. The van der Waals surface area contributed by atoms with Crippen LogP contribution in [0, 0.1) is 0 Å². The second kappa shape index (κ2) is 7.08. The van der Waals surface area contributed by atoms with Crippen molar-refractivity contribution in [3.05, 3.63) is 11.6 Å². The SMILES string of the molecule is C=C(Cl)CNC(=O)NC(CCO)C(=O)O. The van der Waals surface area contributed by atoms with Gasteiger partial charge in [0.1, 0.15) is 6.04 Å². The molecule has 0 aromatic rings. The summed E-state index contributed by atoms with van der Waals surface area (Å²) in [5, 5.41) is 21.9. The first-order valence-electron chi connectivity index (χ1n) is 4.18. The average molecular weight is 237 g/mol. The van der Waals surface area contributed by atoms with Crippen LogP contribution in [-0.4, -0.2) is 41.4 Å². The van der Waals surface area contributed by atoms with Crippen LogP contribution in [-0.2, 0) is 4.79 Å². The molecule has 0 aliphatic rings. The minimum absolute atomic E-state index is 0.0510. The standard InChI is InChI=1S/C8H13ClN2O4/c1-5(9)4-10-8(15)11-6(2-3-12)7(13)14/h6,12H,1-4H2,(H,13,14)(H2,10,11,15). The lowest BCUT2D eigenvalue weighted by atomic mass is 10.2. The smallest absolute Gasteiger partial charge is 0.326 e. The number of urea groups is 1. The summed E-state index contributed by atoms with van der Waals surface area (Å²) in [7, 11) is 0. The average Bonchev–Trinajstić information content (AvgIpc) is 2.14. The Hall–Kier alpha value is -1.27. The molecular formula is C8H13ClN2O4. The van der Waals surface area contributed by atoms with Gasteiger partial charge in [-0.1, -0.05) is 18.2 Å². The lowest BCUT2D eigenvalue weighted by molar-refractivity contribution is -0.139. The number of carboxylic acids is 1. The van der Waals surface area contributed by atoms with Crippen LogP contribution in [0.4, 0.5) is 4.79 Å². The van der Waals surface area contributed by atoms with Crippen molar-refractivity contribution in [1.29, 1.82) is 0 Å². The number of aliphatic hydroxyl groups excluding tert-OH is 1. The summed E-state index contributed by atoms with van der Waals surface area (Å²) in [6.07, 6.45) is -0.0510. The summed E-state index contributed by atoms with van der Waals surface area (Å²) in [5.74, 6) is -1.20. The van der Waals surface area contributed by atoms with Crippen molar-refractivity contribution < 1.29 is 19.8 Å². The second-order valence-corrected chi connectivity index (χ2v) is 3.28. The van der Waals surface area contributed by atoms with Crippen molar-refractivity contribution in [2.24, 2.45) is 0 Å². The molecule has 0 aromatic heterocycles. The third-order valence-electron chi connectivity index (χ3n) is 1.46. The van der Waals surface area contributed by atoms with Gasteiger partial charge in [0.2, 0.25) is 0 Å². The Balaban J connectivity index is 3.99. The van der Waals surface area contributed by atoms with Gasteiger partial charge in [0.15, 0.2) is 0 Å². The highest BCUT2D eigenvalue weighted by molar-refractivity contribution is 6.29. The molecule has 1 atom stereocenters. The molecule has 0 aromatic carbocycles. The third-order valence-corrected chi connectivity index (χ3v) is 1.60. The van der Waals surface area contributed by atoms with E-state index in [0.717, 1.165) is 0 Å². The van der Waals surface area contributed by atoms with Crippen molar-refractivity contribution in [1.82, 2.24) is 10.6 Å². The highest BCUT2D eigenvalue weighted by Crippen LogP contribution is 1.94. The second-order valence-electron chi connectivity index (χ2n) is 2.75. The van der Waals surface area contributed by atoms with E-state index in [4.69, 9.17) is 21.8 Å². The van der Waals surface area contributed by atoms with Crippen molar-refractivity contribution in [3.63, 3.8) is 0 Å². The fourth-order valence-electron chi connectivity index (χ4n) is 0.772. The van der Waals surface area contributed by atoms with E-state index in [-0.39, 0.29) is 24.6 Å². The van der Waals surface area contributed by atoms with E-state index in [0.29, 0.717) is 0 Å². The van der Waals surface area contributed by atoms with Crippen LogP contribution in [0.2, 0.25) is 0 Å². The largest absolute Gasteiger partial charge is 0.480 e. The number of amides is 2. The number of carbonyl (C=O) groups excluding carboxylic acids is 1. The molecule has 1 unspecified atom stereocenters. The Morgan fingerprint density at radius 1 is 1.47 bits per heavy atom. The molecule has 0 radical (unpaired) electrons. The molecule has 15 heavy (non-hydrogen) atoms. The number of hydrogen-bond donors (Lipinski definition) is 4. The molecule has 0 aliphatic heterocycles. The highest BCUT2D eigenvalue weighted by Gasteiger charge is 2.18. The van der Waals surface area contributed by atoms with Crippen LogP contribution >= 0.6 is 11.6 Å². The minimum Gasteiger partial charge on any atom is -0.480 e. The molecule has 0 saturated carbocycles. The maximum absolute atomic E-state index is 11.1. The number of hydrogen-bond acceptors (Lipinski definition) is 3. The van der Waals surface area contributed by atoms with E-state index >= 15 is 0 Å². The van der Waals surface area contributed by atoms with Crippen LogP contribution in [0.1, 0.15) is 6.42 Å². The van der Waals surface area contributed by atoms with Gasteiger partial charge in [-0.3, -0.25) is 0 Å². The normalized spacial score (nSPS) is 11.6. The third kappa shape index (κ3) is 6.75. The van der Waals surface area contributed by atoms with Crippen LogP contribution in [0.15, 0.2) is 11.6 Å². The molecular weight excluding hydrogens is 224 g/mol. The summed E-state index contributed by atoms with van der Waals surface area (Å²) < 4.78 is 0. The number of carbonyl (C=O) groups is 2. The monoisotopic (exact) mass is 236 g/mol. The first-order chi connectivity index (χ1) is 6.97. The molecule has 2 amide bonds. The molecule has 7 heteroatoms. The maximum atomic E-state index is 11.1. The Bertz CT molecular complexity index is 257. The molecule has 86 valence electrons. The quantitative estimate of drug-likeness (QED) is 0.517. The van der Waals surface area contributed by atoms with E-state index in [1.165, 1.54) is 0 Å². The van der Waals surface area contributed by atoms with E-state index in [1.807, 2.05) is 0 Å². The highest BCUT2D eigenvalue weighted by atomic mass is 35.5. The molecule has 0 aliphatic carbocycles. The van der Waals surface area contributed by atoms with Gasteiger partial charge in [0.05, 0.1) is 6.54 Å². The number of aliphatic hydroxyl groups is 1. The molecule has 4 N–H and O–H groups in total. The molecule has 0 heterocycles. The van der Waals surface area contributed by atoms with Crippen molar-refractivity contribution in [3.8, 4) is 0 Å². The van der Waals surface area contributed by atoms with E-state index < -0.39 is 18.0 Å². The number of carboxylic acid groups (broad SMARTS) is 1. The Kier molecular flexibility index (Phi) is 6.48. The molecule has 0 fully saturated rings. The maximum Gasteiger partial charge on any atom is 0.326 e. The van der Waals surface area contributed by atoms with Gasteiger partial charge in [-0.2, -0.15) is 0 Å². The lowest BCUT2D eigenvalue weighted by Crippen LogP contribution is -2.46. The lowest BCUT2D eigenvalue weighted by Gasteiger charge is -2.13. The first kappa shape index (κ1) is 13.7. The van der Waals surface area contributed by atoms with Gasteiger partial charge >= 0.3 is 12.0 Å². The van der Waals surface area contributed by atoms with E-state index in [1.54, 1.807) is 0 Å². The van der Waals surface area contributed by atoms with Gasteiger partial charge < -0.3 is 20.8 Å². The molecule has 6 nitrogen and oxygen atoms in total. The summed E-state index contributed by atoms with van der Waals surface area (Å²) in [5.41, 5.74) is 0. The number of halogens is 1. The summed E-state index contributed by atoms with van der Waals surface area (Å²) in [6.45, 7) is 3.08. The Morgan fingerprint density at radius 3 is 2.47 bits per heavy atom. The van der Waals surface area contributed by atoms with Gasteiger partial charge in [-0.05, 0) is 0 Å². The van der Waals surface area contributed by atoms with Crippen LogP contribution < -0.4 is 10.6 Å². The van der Waals surface area contributed by atoms with Gasteiger partial charge in [0.25, 0.3) is 0 Å².